The molecule has 1 aromatic carbocycles. The molecule has 2 aliphatic rings. The quantitative estimate of drug-likeness (QED) is 0.925. The monoisotopic (exact) mass is 292 g/mol. The highest BCUT2D eigenvalue weighted by Crippen LogP contribution is 2.32. The topological polar surface area (TPSA) is 41.6 Å². The van der Waals surface area contributed by atoms with Crippen LogP contribution in [0.1, 0.15) is 37.9 Å². The van der Waals surface area contributed by atoms with Gasteiger partial charge in [-0.25, -0.2) is 4.39 Å². The van der Waals surface area contributed by atoms with Crippen molar-refractivity contribution in [2.24, 2.45) is 0 Å². The first-order valence-corrected chi connectivity index (χ1v) is 7.62. The molecule has 0 aromatic heterocycles. The molecule has 2 saturated heterocycles. The van der Waals surface area contributed by atoms with Crippen molar-refractivity contribution in [3.63, 3.8) is 0 Å². The maximum atomic E-state index is 14.1. The van der Waals surface area contributed by atoms with Crippen molar-refractivity contribution in [3.05, 3.63) is 35.6 Å². The molecule has 0 radical (unpaired) electrons. The number of benzene rings is 1. The highest BCUT2D eigenvalue weighted by atomic mass is 19.1. The van der Waals surface area contributed by atoms with E-state index in [1.54, 1.807) is 23.1 Å². The fraction of sp³-hybridized carbons (Fsp3) is 0.562. The summed E-state index contributed by atoms with van der Waals surface area (Å²) in [6.07, 6.45) is 2.12. The summed E-state index contributed by atoms with van der Waals surface area (Å²) in [5, 5.41) is 3.31. The summed E-state index contributed by atoms with van der Waals surface area (Å²) >= 11 is 0. The third-order valence-corrected chi connectivity index (χ3v) is 4.27. The Morgan fingerprint density at radius 2 is 2.24 bits per heavy atom. The first-order valence-electron chi connectivity index (χ1n) is 7.62. The van der Waals surface area contributed by atoms with Crippen LogP contribution >= 0.6 is 0 Å². The van der Waals surface area contributed by atoms with Gasteiger partial charge < -0.3 is 9.64 Å². The lowest BCUT2D eigenvalue weighted by Gasteiger charge is -2.29. The predicted molar refractivity (Wildman–Crippen MR) is 77.0 cm³/mol. The van der Waals surface area contributed by atoms with Crippen molar-refractivity contribution >= 4 is 5.91 Å². The molecule has 21 heavy (non-hydrogen) atoms. The molecule has 2 fully saturated rings. The lowest BCUT2D eigenvalue weighted by Crippen LogP contribution is -2.40. The molecule has 5 heteroatoms. The number of hydrogen-bond donors (Lipinski definition) is 1. The van der Waals surface area contributed by atoms with Gasteiger partial charge in [0.05, 0.1) is 18.7 Å². The van der Waals surface area contributed by atoms with Gasteiger partial charge in [-0.3, -0.25) is 10.1 Å². The van der Waals surface area contributed by atoms with Gasteiger partial charge in [0.15, 0.2) is 0 Å². The van der Waals surface area contributed by atoms with Crippen LogP contribution in [0.2, 0.25) is 0 Å². The third kappa shape index (κ3) is 2.68. The number of ether oxygens (including phenoxy) is 1. The Morgan fingerprint density at radius 3 is 2.90 bits per heavy atom. The van der Waals surface area contributed by atoms with Gasteiger partial charge in [0.1, 0.15) is 12.0 Å². The van der Waals surface area contributed by atoms with E-state index < -0.39 is 0 Å². The zero-order valence-corrected chi connectivity index (χ0v) is 12.2. The van der Waals surface area contributed by atoms with E-state index in [-0.39, 0.29) is 30.0 Å². The number of halogens is 1. The van der Waals surface area contributed by atoms with Crippen LogP contribution in [-0.4, -0.2) is 36.1 Å². The van der Waals surface area contributed by atoms with Gasteiger partial charge in [-0.05, 0) is 18.9 Å². The number of amides is 1. The molecular weight excluding hydrogens is 271 g/mol. The molecule has 2 aliphatic heterocycles. The highest BCUT2D eigenvalue weighted by molar-refractivity contribution is 5.85. The Bertz CT molecular complexity index is 517. The Hall–Kier alpha value is -1.46. The Labute approximate surface area is 124 Å². The van der Waals surface area contributed by atoms with E-state index >= 15 is 0 Å². The zero-order valence-electron chi connectivity index (χ0n) is 12.2. The molecule has 3 unspecified atom stereocenters. The molecule has 3 rings (SSSR count). The van der Waals surface area contributed by atoms with Crippen LogP contribution in [0.3, 0.4) is 0 Å². The molecule has 3 atom stereocenters. The van der Waals surface area contributed by atoms with E-state index in [0.717, 1.165) is 19.3 Å². The van der Waals surface area contributed by atoms with Crippen LogP contribution in [0.4, 0.5) is 4.39 Å². The molecule has 1 aromatic rings. The lowest BCUT2D eigenvalue weighted by molar-refractivity contribution is -0.132. The second kappa shape index (κ2) is 6.12. The SMILES string of the molecule is CCCC1NC(c2ccccc2F)N(C2CCOC2)C1=O. The second-order valence-corrected chi connectivity index (χ2v) is 5.69. The molecule has 1 amide bonds. The first-order chi connectivity index (χ1) is 10.2. The molecule has 4 nitrogen and oxygen atoms in total. The minimum Gasteiger partial charge on any atom is -0.379 e. The van der Waals surface area contributed by atoms with Crippen LogP contribution in [0.15, 0.2) is 24.3 Å². The summed E-state index contributed by atoms with van der Waals surface area (Å²) in [5.74, 6) is -0.204. The predicted octanol–water partition coefficient (Wildman–Crippen LogP) is 2.21. The van der Waals surface area contributed by atoms with Gasteiger partial charge in [0.2, 0.25) is 5.91 Å². The average molecular weight is 292 g/mol. The fourth-order valence-electron chi connectivity index (χ4n) is 3.21. The first kappa shape index (κ1) is 14.5. The van der Waals surface area contributed by atoms with E-state index in [1.807, 2.05) is 0 Å². The van der Waals surface area contributed by atoms with Crippen LogP contribution in [-0.2, 0) is 9.53 Å². The molecule has 0 spiro atoms. The summed E-state index contributed by atoms with van der Waals surface area (Å²) in [5.41, 5.74) is 0.538. The summed E-state index contributed by atoms with van der Waals surface area (Å²) < 4.78 is 19.5. The summed E-state index contributed by atoms with van der Waals surface area (Å²) in [6.45, 7) is 3.25. The van der Waals surface area contributed by atoms with Gasteiger partial charge in [-0.2, -0.15) is 0 Å². The highest BCUT2D eigenvalue weighted by Gasteiger charge is 2.44. The summed E-state index contributed by atoms with van der Waals surface area (Å²) in [7, 11) is 0. The standard InChI is InChI=1S/C16H21FN2O2/c1-2-5-14-16(20)19(11-8-9-21-10-11)15(18-14)12-6-3-4-7-13(12)17/h3-4,6-7,11,14-15,18H,2,5,8-10H2,1H3. The molecule has 114 valence electrons. The number of nitrogens with zero attached hydrogens (tertiary/aromatic N) is 1. The number of nitrogens with one attached hydrogen (secondary N) is 1. The van der Waals surface area contributed by atoms with Crippen molar-refractivity contribution in [1.82, 2.24) is 10.2 Å². The Balaban J connectivity index is 1.92. The van der Waals surface area contributed by atoms with Gasteiger partial charge in [0, 0.05) is 12.2 Å². The van der Waals surface area contributed by atoms with Crippen molar-refractivity contribution in [1.29, 1.82) is 0 Å². The van der Waals surface area contributed by atoms with Crippen LogP contribution < -0.4 is 5.32 Å². The maximum Gasteiger partial charge on any atom is 0.241 e. The van der Waals surface area contributed by atoms with Crippen molar-refractivity contribution in [3.8, 4) is 0 Å². The second-order valence-electron chi connectivity index (χ2n) is 5.69. The normalized spacial score (nSPS) is 29.3. The van der Waals surface area contributed by atoms with Crippen molar-refractivity contribution in [2.75, 3.05) is 13.2 Å². The Kier molecular flexibility index (Phi) is 4.22. The van der Waals surface area contributed by atoms with Gasteiger partial charge >= 0.3 is 0 Å². The van der Waals surface area contributed by atoms with Crippen molar-refractivity contribution in [2.45, 2.75) is 44.4 Å². The van der Waals surface area contributed by atoms with Crippen LogP contribution in [0, 0.1) is 5.82 Å². The van der Waals surface area contributed by atoms with Gasteiger partial charge in [-0.1, -0.05) is 31.5 Å². The summed E-state index contributed by atoms with van der Waals surface area (Å²) in [6, 6.07) is 6.48. The third-order valence-electron chi connectivity index (χ3n) is 4.27. The van der Waals surface area contributed by atoms with Crippen LogP contribution in [0.5, 0.6) is 0 Å². The number of carbonyl (C=O) groups excluding carboxylic acids is 1. The number of hydrogen-bond acceptors (Lipinski definition) is 3. The molecular formula is C16H21FN2O2. The molecule has 0 bridgehead atoms. The molecule has 1 N–H and O–H groups in total. The lowest BCUT2D eigenvalue weighted by atomic mass is 10.1. The van der Waals surface area contributed by atoms with E-state index in [1.165, 1.54) is 6.07 Å². The molecule has 0 saturated carbocycles. The summed E-state index contributed by atoms with van der Waals surface area (Å²) in [4.78, 5) is 14.5. The average Bonchev–Trinajstić information content (AvgIpc) is 3.09. The largest absolute Gasteiger partial charge is 0.379 e. The Morgan fingerprint density at radius 1 is 1.43 bits per heavy atom. The molecule has 2 heterocycles. The van der Waals surface area contributed by atoms with E-state index in [4.69, 9.17) is 4.74 Å². The van der Waals surface area contributed by atoms with Crippen molar-refractivity contribution < 1.29 is 13.9 Å². The maximum absolute atomic E-state index is 14.1. The molecule has 0 aliphatic carbocycles. The van der Waals surface area contributed by atoms with E-state index in [2.05, 4.69) is 12.2 Å². The van der Waals surface area contributed by atoms with Gasteiger partial charge in [-0.15, -0.1) is 0 Å². The number of carbonyl (C=O) groups is 1. The minimum atomic E-state index is -0.387. The van der Waals surface area contributed by atoms with Gasteiger partial charge in [0.25, 0.3) is 0 Å². The van der Waals surface area contributed by atoms with E-state index in [9.17, 15) is 9.18 Å². The zero-order chi connectivity index (χ0) is 14.8. The smallest absolute Gasteiger partial charge is 0.241 e. The number of rotatable bonds is 4. The van der Waals surface area contributed by atoms with Crippen LogP contribution in [0.25, 0.3) is 0 Å². The van der Waals surface area contributed by atoms with E-state index in [0.29, 0.717) is 18.8 Å². The fourth-order valence-corrected chi connectivity index (χ4v) is 3.21. The minimum absolute atomic E-state index is 0.0384.